The maximum absolute atomic E-state index is 11.4. The topological polar surface area (TPSA) is 57.5 Å². The predicted molar refractivity (Wildman–Crippen MR) is 74.2 cm³/mol. The summed E-state index contributed by atoms with van der Waals surface area (Å²) in [6.45, 7) is 3.54. The largest absolute Gasteiger partial charge is 0.348 e. The monoisotopic (exact) mass is 271 g/mol. The second-order valence-electron chi connectivity index (χ2n) is 5.05. The number of rotatable bonds is 3. The first-order chi connectivity index (χ1) is 9.76. The van der Waals surface area contributed by atoms with Crippen molar-refractivity contribution < 1.29 is 10.0 Å². The second kappa shape index (κ2) is 5.48. The number of carbonyl (C=O) groups excluding carboxylic acids is 1. The Morgan fingerprint density at radius 3 is 2.80 bits per heavy atom. The molecule has 104 valence electrons. The Morgan fingerprint density at radius 1 is 1.25 bits per heavy atom. The molecule has 2 aromatic rings. The summed E-state index contributed by atoms with van der Waals surface area (Å²) in [6, 6.07) is 12.2. The van der Waals surface area contributed by atoms with Crippen LogP contribution in [0.15, 0.2) is 42.6 Å². The molecule has 0 radical (unpaired) electrons. The van der Waals surface area contributed by atoms with Gasteiger partial charge in [-0.1, -0.05) is 30.3 Å². The lowest BCUT2D eigenvalue weighted by molar-refractivity contribution is 0.0706. The van der Waals surface area contributed by atoms with Gasteiger partial charge in [-0.25, -0.2) is 5.48 Å². The van der Waals surface area contributed by atoms with Crippen LogP contribution in [0.2, 0.25) is 0 Å². The van der Waals surface area contributed by atoms with Crippen LogP contribution in [-0.4, -0.2) is 27.1 Å². The van der Waals surface area contributed by atoms with Gasteiger partial charge in [0.15, 0.2) is 0 Å². The normalized spacial score (nSPS) is 14.8. The van der Waals surface area contributed by atoms with E-state index in [1.54, 1.807) is 11.7 Å². The molecule has 20 heavy (non-hydrogen) atoms. The summed E-state index contributed by atoms with van der Waals surface area (Å²) in [5.74, 6) is -0.457. The highest BCUT2D eigenvalue weighted by atomic mass is 16.5. The van der Waals surface area contributed by atoms with Crippen LogP contribution < -0.4 is 5.48 Å². The van der Waals surface area contributed by atoms with E-state index >= 15 is 0 Å². The van der Waals surface area contributed by atoms with Gasteiger partial charge in [0.1, 0.15) is 0 Å². The molecule has 1 aliphatic rings. The minimum Gasteiger partial charge on any atom is -0.348 e. The number of hydrogen-bond acceptors (Lipinski definition) is 3. The van der Waals surface area contributed by atoms with E-state index < -0.39 is 5.91 Å². The molecule has 0 bridgehead atoms. The summed E-state index contributed by atoms with van der Waals surface area (Å²) in [5.41, 5.74) is 4.57. The standard InChI is InChI=1S/C15H17N3O2/c19-15(16-20)13-8-14-11-17(6-7-18(14)10-13)9-12-4-2-1-3-5-12/h1-5,8,10,20H,6-7,9,11H2,(H,16,19). The third-order valence-electron chi connectivity index (χ3n) is 3.64. The van der Waals surface area contributed by atoms with Crippen molar-refractivity contribution in [3.8, 4) is 0 Å². The van der Waals surface area contributed by atoms with Crippen molar-refractivity contribution >= 4 is 5.91 Å². The van der Waals surface area contributed by atoms with Gasteiger partial charge in [-0.3, -0.25) is 14.9 Å². The van der Waals surface area contributed by atoms with Crippen LogP contribution in [0.5, 0.6) is 0 Å². The van der Waals surface area contributed by atoms with Crippen LogP contribution in [0.1, 0.15) is 21.6 Å². The molecule has 0 saturated heterocycles. The Morgan fingerprint density at radius 2 is 2.05 bits per heavy atom. The van der Waals surface area contributed by atoms with Crippen LogP contribution in [0.3, 0.4) is 0 Å². The lowest BCUT2D eigenvalue weighted by atomic mass is 10.2. The Bertz CT molecular complexity index is 607. The average Bonchev–Trinajstić information content (AvgIpc) is 2.90. The molecular formula is C15H17N3O2. The molecule has 2 N–H and O–H groups in total. The summed E-state index contributed by atoms with van der Waals surface area (Å²) >= 11 is 0. The third-order valence-corrected chi connectivity index (χ3v) is 3.64. The number of amides is 1. The van der Waals surface area contributed by atoms with Gasteiger partial charge in [0, 0.05) is 38.1 Å². The molecule has 5 heteroatoms. The van der Waals surface area contributed by atoms with Gasteiger partial charge in [0.05, 0.1) is 5.56 Å². The Kier molecular flexibility index (Phi) is 3.54. The minimum atomic E-state index is -0.457. The van der Waals surface area contributed by atoms with Gasteiger partial charge in [-0.2, -0.15) is 0 Å². The van der Waals surface area contributed by atoms with Crippen LogP contribution in [0, 0.1) is 0 Å². The van der Waals surface area contributed by atoms with Crippen molar-refractivity contribution in [1.29, 1.82) is 0 Å². The van der Waals surface area contributed by atoms with E-state index in [0.29, 0.717) is 5.56 Å². The quantitative estimate of drug-likeness (QED) is 0.659. The van der Waals surface area contributed by atoms with Gasteiger partial charge in [-0.05, 0) is 11.6 Å². The number of hydroxylamine groups is 1. The second-order valence-corrected chi connectivity index (χ2v) is 5.05. The molecule has 0 saturated carbocycles. The Hall–Kier alpha value is -2.11. The van der Waals surface area contributed by atoms with Crippen LogP contribution in [0.25, 0.3) is 0 Å². The fraction of sp³-hybridized carbons (Fsp3) is 0.267. The van der Waals surface area contributed by atoms with E-state index in [9.17, 15) is 4.79 Å². The number of hydrogen-bond donors (Lipinski definition) is 2. The SMILES string of the molecule is O=C(NO)c1cc2n(c1)CCN(Cc1ccccc1)C2. The fourth-order valence-corrected chi connectivity index (χ4v) is 2.62. The number of nitrogens with one attached hydrogen (secondary N) is 1. The third kappa shape index (κ3) is 2.59. The Balaban J connectivity index is 1.72. The summed E-state index contributed by atoms with van der Waals surface area (Å²) in [6.07, 6.45) is 1.79. The summed E-state index contributed by atoms with van der Waals surface area (Å²) < 4.78 is 2.08. The molecule has 3 rings (SSSR count). The van der Waals surface area contributed by atoms with Gasteiger partial charge >= 0.3 is 0 Å². The molecule has 5 nitrogen and oxygen atoms in total. The van der Waals surface area contributed by atoms with Gasteiger partial charge < -0.3 is 4.57 Å². The lowest BCUT2D eigenvalue weighted by Crippen LogP contribution is -2.32. The first kappa shape index (κ1) is 12.9. The van der Waals surface area contributed by atoms with E-state index in [4.69, 9.17) is 5.21 Å². The van der Waals surface area contributed by atoms with Gasteiger partial charge in [-0.15, -0.1) is 0 Å². The predicted octanol–water partition coefficient (Wildman–Crippen LogP) is 1.62. The molecule has 0 unspecified atom stereocenters. The highest BCUT2D eigenvalue weighted by Gasteiger charge is 2.19. The molecule has 1 amide bonds. The first-order valence-corrected chi connectivity index (χ1v) is 6.66. The van der Waals surface area contributed by atoms with E-state index in [0.717, 1.165) is 31.9 Å². The summed E-state index contributed by atoms with van der Waals surface area (Å²) in [4.78, 5) is 13.8. The number of benzene rings is 1. The van der Waals surface area contributed by atoms with Crippen molar-refractivity contribution in [1.82, 2.24) is 14.9 Å². The van der Waals surface area contributed by atoms with E-state index in [-0.39, 0.29) is 0 Å². The van der Waals surface area contributed by atoms with Crippen molar-refractivity contribution in [2.75, 3.05) is 6.54 Å². The molecule has 0 aliphatic carbocycles. The zero-order chi connectivity index (χ0) is 13.9. The van der Waals surface area contributed by atoms with E-state index in [1.807, 2.05) is 24.3 Å². The highest BCUT2D eigenvalue weighted by molar-refractivity contribution is 5.93. The molecular weight excluding hydrogens is 254 g/mol. The number of fused-ring (bicyclic) bond motifs is 1. The first-order valence-electron chi connectivity index (χ1n) is 6.66. The van der Waals surface area contributed by atoms with Crippen molar-refractivity contribution in [2.45, 2.75) is 19.6 Å². The molecule has 1 aromatic heterocycles. The van der Waals surface area contributed by atoms with Crippen molar-refractivity contribution in [2.24, 2.45) is 0 Å². The summed E-state index contributed by atoms with van der Waals surface area (Å²) in [5, 5.41) is 8.68. The van der Waals surface area contributed by atoms with Crippen LogP contribution in [-0.2, 0) is 19.6 Å². The Labute approximate surface area is 117 Å². The van der Waals surface area contributed by atoms with Crippen LogP contribution >= 0.6 is 0 Å². The summed E-state index contributed by atoms with van der Waals surface area (Å²) in [7, 11) is 0. The lowest BCUT2D eigenvalue weighted by Gasteiger charge is -2.28. The fourth-order valence-electron chi connectivity index (χ4n) is 2.62. The molecule has 0 fully saturated rings. The molecule has 1 aliphatic heterocycles. The minimum absolute atomic E-state index is 0.457. The van der Waals surface area contributed by atoms with Crippen LogP contribution in [0.4, 0.5) is 0 Å². The highest BCUT2D eigenvalue weighted by Crippen LogP contribution is 2.18. The zero-order valence-corrected chi connectivity index (χ0v) is 11.1. The molecule has 2 heterocycles. The molecule has 1 aromatic carbocycles. The van der Waals surface area contributed by atoms with Gasteiger partial charge in [0.25, 0.3) is 5.91 Å². The maximum atomic E-state index is 11.4. The zero-order valence-electron chi connectivity index (χ0n) is 11.1. The van der Waals surface area contributed by atoms with E-state index in [2.05, 4.69) is 21.6 Å². The smallest absolute Gasteiger partial charge is 0.276 e. The van der Waals surface area contributed by atoms with Gasteiger partial charge in [0.2, 0.25) is 0 Å². The number of carbonyl (C=O) groups is 1. The van der Waals surface area contributed by atoms with Crippen molar-refractivity contribution in [3.63, 3.8) is 0 Å². The number of aromatic nitrogens is 1. The van der Waals surface area contributed by atoms with E-state index in [1.165, 1.54) is 5.56 Å². The maximum Gasteiger partial charge on any atom is 0.276 e. The molecule has 0 atom stereocenters. The average molecular weight is 271 g/mol. The number of nitrogens with zero attached hydrogens (tertiary/aromatic N) is 2. The molecule has 0 spiro atoms. The van der Waals surface area contributed by atoms with Crippen molar-refractivity contribution in [3.05, 3.63) is 59.4 Å².